The van der Waals surface area contributed by atoms with Crippen LogP contribution < -0.4 is 0 Å². The van der Waals surface area contributed by atoms with Crippen molar-refractivity contribution in [3.63, 3.8) is 0 Å². The topological polar surface area (TPSA) is 90.5 Å². The number of H-pyrrole nitrogens is 1. The van der Waals surface area contributed by atoms with E-state index in [1.54, 1.807) is 16.8 Å². The number of fused-ring (bicyclic) bond motifs is 4. The molecule has 4 atom stereocenters. The molecule has 170 valence electrons. The summed E-state index contributed by atoms with van der Waals surface area (Å²) in [5, 5.41) is 25.5. The van der Waals surface area contributed by atoms with Crippen molar-refractivity contribution in [2.75, 3.05) is 0 Å². The largest absolute Gasteiger partial charge is 0.387 e. The van der Waals surface area contributed by atoms with Crippen molar-refractivity contribution in [1.82, 2.24) is 19.7 Å². The highest BCUT2D eigenvalue weighted by atomic mass is 19.1. The molecule has 0 radical (unpaired) electrons. The average molecular weight is 454 g/mol. The molecule has 0 aliphatic heterocycles. The van der Waals surface area contributed by atoms with Gasteiger partial charge in [0.15, 0.2) is 0 Å². The number of nitrogens with one attached hydrogen (secondary N) is 1. The summed E-state index contributed by atoms with van der Waals surface area (Å²) >= 11 is 0. The second kappa shape index (κ2) is 7.37. The van der Waals surface area contributed by atoms with Crippen LogP contribution in [0.15, 0.2) is 60.2 Å². The zero-order chi connectivity index (χ0) is 23.6. The van der Waals surface area contributed by atoms with Gasteiger partial charge in [0, 0.05) is 16.5 Å². The Morgan fingerprint density at radius 1 is 1.21 bits per heavy atom. The monoisotopic (exact) mass is 453 g/mol. The number of nitriles is 1. The van der Waals surface area contributed by atoms with E-state index >= 15 is 0 Å². The number of allylic oxidation sites excluding steroid dienone is 1. The smallest absolute Gasteiger partial charge is 0.229 e. The van der Waals surface area contributed by atoms with Crippen LogP contribution in [0.3, 0.4) is 0 Å². The lowest BCUT2D eigenvalue weighted by atomic mass is 9.57. The van der Waals surface area contributed by atoms with E-state index in [0.717, 1.165) is 28.7 Å². The fourth-order valence-corrected chi connectivity index (χ4v) is 6.07. The maximum atomic E-state index is 14.9. The number of aliphatic hydroxyl groups is 1. The summed E-state index contributed by atoms with van der Waals surface area (Å²) in [6.45, 7) is 4.10. The van der Waals surface area contributed by atoms with Crippen LogP contribution in [0.4, 0.5) is 4.39 Å². The molecule has 4 aromatic rings. The Kier molecular flexibility index (Phi) is 4.51. The van der Waals surface area contributed by atoms with Gasteiger partial charge in [-0.15, -0.1) is 0 Å². The van der Waals surface area contributed by atoms with Crippen molar-refractivity contribution in [1.29, 1.82) is 5.26 Å². The number of imidazole rings is 1. The molecule has 0 saturated heterocycles. The fraction of sp³-hybridized carbons (Fsp3) is 0.296. The van der Waals surface area contributed by atoms with Gasteiger partial charge in [-0.05, 0) is 48.9 Å². The summed E-state index contributed by atoms with van der Waals surface area (Å²) in [6.07, 6.45) is 2.61. The quantitative estimate of drug-likeness (QED) is 0.455. The Morgan fingerprint density at radius 2 is 1.97 bits per heavy atom. The van der Waals surface area contributed by atoms with Crippen molar-refractivity contribution in [3.05, 3.63) is 77.3 Å². The van der Waals surface area contributed by atoms with E-state index in [0.29, 0.717) is 29.2 Å². The summed E-state index contributed by atoms with van der Waals surface area (Å²) in [5.74, 6) is 0.217. The lowest BCUT2D eigenvalue weighted by Crippen LogP contribution is -2.47. The lowest BCUT2D eigenvalue weighted by molar-refractivity contribution is 0.0663. The number of benzene rings is 2. The molecule has 2 heterocycles. The molecule has 1 unspecified atom stereocenters. The van der Waals surface area contributed by atoms with Gasteiger partial charge in [-0.2, -0.15) is 10.4 Å². The minimum Gasteiger partial charge on any atom is -0.387 e. The molecule has 0 fully saturated rings. The molecule has 2 aromatic heterocycles. The number of rotatable bonds is 2. The van der Waals surface area contributed by atoms with Crippen molar-refractivity contribution in [2.45, 2.75) is 38.2 Å². The van der Waals surface area contributed by atoms with Crippen LogP contribution in [0.1, 0.15) is 31.5 Å². The van der Waals surface area contributed by atoms with Gasteiger partial charge in [0.05, 0.1) is 40.2 Å². The number of para-hydroxylation sites is 2. The molecule has 2 aromatic carbocycles. The van der Waals surface area contributed by atoms with Gasteiger partial charge in [-0.3, -0.25) is 0 Å². The van der Waals surface area contributed by atoms with E-state index in [9.17, 15) is 14.8 Å². The maximum absolute atomic E-state index is 14.9. The summed E-state index contributed by atoms with van der Waals surface area (Å²) < 4.78 is 16.7. The number of aliphatic hydroxyl groups excluding tert-OH is 1. The second-order valence-corrected chi connectivity index (χ2v) is 9.59. The maximum Gasteiger partial charge on any atom is 0.229 e. The van der Waals surface area contributed by atoms with Crippen molar-refractivity contribution in [2.24, 2.45) is 11.8 Å². The molecule has 7 heteroatoms. The molecule has 34 heavy (non-hydrogen) atoms. The van der Waals surface area contributed by atoms with E-state index in [2.05, 4.69) is 18.0 Å². The fourth-order valence-electron chi connectivity index (χ4n) is 6.07. The number of aromatic nitrogens is 4. The molecular formula is C27H24FN5O. The summed E-state index contributed by atoms with van der Waals surface area (Å²) in [5.41, 5.74) is 4.38. The Morgan fingerprint density at radius 3 is 2.74 bits per heavy atom. The molecule has 0 saturated carbocycles. The first kappa shape index (κ1) is 20.8. The summed E-state index contributed by atoms with van der Waals surface area (Å²) in [4.78, 5) is 8.14. The number of nitrogens with zero attached hydrogens (tertiary/aromatic N) is 4. The second-order valence-electron chi connectivity index (χ2n) is 9.59. The first-order chi connectivity index (χ1) is 16.4. The molecule has 2 aliphatic rings. The molecule has 2 aliphatic carbocycles. The van der Waals surface area contributed by atoms with Gasteiger partial charge < -0.3 is 10.1 Å². The first-order valence-corrected chi connectivity index (χ1v) is 11.6. The lowest BCUT2D eigenvalue weighted by Gasteiger charge is -2.47. The van der Waals surface area contributed by atoms with Crippen molar-refractivity contribution < 1.29 is 9.50 Å². The Labute approximate surface area is 196 Å². The van der Waals surface area contributed by atoms with Gasteiger partial charge in [-0.1, -0.05) is 44.2 Å². The zero-order valence-electron chi connectivity index (χ0n) is 19.0. The Balaban J connectivity index is 1.67. The predicted octanol–water partition coefficient (Wildman–Crippen LogP) is 4.84. The molecular weight excluding hydrogens is 429 g/mol. The number of halogens is 1. The highest BCUT2D eigenvalue weighted by molar-refractivity contribution is 5.76. The van der Waals surface area contributed by atoms with E-state index in [4.69, 9.17) is 10.1 Å². The molecule has 0 spiro atoms. The Bertz CT molecular complexity index is 1480. The zero-order valence-corrected chi connectivity index (χ0v) is 19.0. The SMILES string of the molecule is C[C@H]1C(O)C(C#N)=C[C@@]2(C)c3c(c(-c4ccccc4F)nn3-c3nc4ccccc4[nH]3)CC[C@H]12. The van der Waals surface area contributed by atoms with Crippen LogP contribution in [0.25, 0.3) is 28.2 Å². The molecule has 0 bridgehead atoms. The third-order valence-corrected chi connectivity index (χ3v) is 7.71. The number of hydrogen-bond acceptors (Lipinski definition) is 4. The van der Waals surface area contributed by atoms with E-state index in [-0.39, 0.29) is 17.7 Å². The predicted molar refractivity (Wildman–Crippen MR) is 127 cm³/mol. The van der Waals surface area contributed by atoms with Crippen molar-refractivity contribution in [3.8, 4) is 23.3 Å². The van der Waals surface area contributed by atoms with Crippen molar-refractivity contribution >= 4 is 11.0 Å². The minimum atomic E-state index is -0.793. The van der Waals surface area contributed by atoms with E-state index in [1.807, 2.05) is 43.3 Å². The normalized spacial score (nSPS) is 26.0. The van der Waals surface area contributed by atoms with Gasteiger partial charge in [-0.25, -0.2) is 14.1 Å². The standard InChI is InChI=1S/C27H24FN5O/c1-15-19-12-11-18-23(17-7-3-4-8-20(17)28)32-33(26-30-21-9-5-6-10-22(21)31-26)25(18)27(19,2)13-16(14-29)24(15)34/h3-10,13,15,19,24,34H,11-12H2,1-2H3,(H,30,31)/t15-,19-,24?,27-/m1/s1. The number of hydrogen-bond donors (Lipinski definition) is 2. The van der Waals surface area contributed by atoms with Crippen LogP contribution in [-0.4, -0.2) is 31.0 Å². The third kappa shape index (κ3) is 2.82. The summed E-state index contributed by atoms with van der Waals surface area (Å²) in [7, 11) is 0. The summed E-state index contributed by atoms with van der Waals surface area (Å²) in [6, 6.07) is 16.6. The van der Waals surface area contributed by atoms with Crippen LogP contribution in [0.2, 0.25) is 0 Å². The van der Waals surface area contributed by atoms with Gasteiger partial charge in [0.2, 0.25) is 5.95 Å². The Hall–Kier alpha value is -3.76. The van der Waals surface area contributed by atoms with E-state index in [1.165, 1.54) is 6.07 Å². The third-order valence-electron chi connectivity index (χ3n) is 7.71. The van der Waals surface area contributed by atoms with Crippen LogP contribution >= 0.6 is 0 Å². The highest BCUT2D eigenvalue weighted by Crippen LogP contribution is 2.53. The number of aromatic amines is 1. The average Bonchev–Trinajstić information content (AvgIpc) is 3.44. The highest BCUT2D eigenvalue weighted by Gasteiger charge is 2.51. The first-order valence-electron chi connectivity index (χ1n) is 11.6. The van der Waals surface area contributed by atoms with Crippen LogP contribution in [0, 0.1) is 29.0 Å². The molecule has 6 nitrogen and oxygen atoms in total. The van der Waals surface area contributed by atoms with Gasteiger partial charge in [0.1, 0.15) is 5.82 Å². The van der Waals surface area contributed by atoms with Gasteiger partial charge >= 0.3 is 0 Å². The molecule has 0 amide bonds. The molecule has 2 N–H and O–H groups in total. The van der Waals surface area contributed by atoms with Gasteiger partial charge in [0.25, 0.3) is 0 Å². The minimum absolute atomic E-state index is 0.0976. The van der Waals surface area contributed by atoms with Crippen LogP contribution in [-0.2, 0) is 11.8 Å². The van der Waals surface area contributed by atoms with Crippen LogP contribution in [0.5, 0.6) is 0 Å². The van der Waals surface area contributed by atoms with E-state index < -0.39 is 11.5 Å². The molecule has 6 rings (SSSR count).